The molecule has 0 heterocycles. The molecule has 1 aromatic carbocycles. The lowest BCUT2D eigenvalue weighted by atomic mass is 10.0. The molecule has 1 rings (SSSR count). The van der Waals surface area contributed by atoms with E-state index in [0.717, 1.165) is 17.5 Å². The van der Waals surface area contributed by atoms with E-state index in [4.69, 9.17) is 5.11 Å². The summed E-state index contributed by atoms with van der Waals surface area (Å²) in [7, 11) is 0. The van der Waals surface area contributed by atoms with Gasteiger partial charge in [0.15, 0.2) is 0 Å². The molecule has 0 aliphatic carbocycles. The first-order chi connectivity index (χ1) is 9.56. The molecule has 0 saturated carbocycles. The largest absolute Gasteiger partial charge is 0.384 e. The van der Waals surface area contributed by atoms with Gasteiger partial charge in [0, 0.05) is 12.0 Å². The highest BCUT2D eigenvalue weighted by atomic mass is 16.2. The maximum absolute atomic E-state index is 11.8. The quantitative estimate of drug-likeness (QED) is 0.810. The third kappa shape index (κ3) is 5.46. The standard InChI is InChI=1S/C17H23NO2/c1-4-13(2)12-17(20)18-14(3)16-9-7-15(8-10-16)6-5-11-19/h7-10,13-14,19H,4,11-12H2,1-3H3,(H,18,20). The minimum absolute atomic E-state index is 0.00796. The highest BCUT2D eigenvalue weighted by Crippen LogP contribution is 2.14. The molecule has 2 unspecified atom stereocenters. The van der Waals surface area contributed by atoms with Gasteiger partial charge in [0.2, 0.25) is 5.91 Å². The SMILES string of the molecule is CCC(C)CC(=O)NC(C)c1ccc(C#CCO)cc1. The van der Waals surface area contributed by atoms with E-state index in [2.05, 4.69) is 31.0 Å². The van der Waals surface area contributed by atoms with Gasteiger partial charge in [-0.3, -0.25) is 4.79 Å². The van der Waals surface area contributed by atoms with E-state index in [1.165, 1.54) is 0 Å². The van der Waals surface area contributed by atoms with Crippen molar-refractivity contribution in [2.75, 3.05) is 6.61 Å². The first-order valence-electron chi connectivity index (χ1n) is 7.05. The Hall–Kier alpha value is -1.79. The highest BCUT2D eigenvalue weighted by Gasteiger charge is 2.11. The van der Waals surface area contributed by atoms with Crippen LogP contribution in [0.2, 0.25) is 0 Å². The first-order valence-corrected chi connectivity index (χ1v) is 7.05. The summed E-state index contributed by atoms with van der Waals surface area (Å²) in [5.74, 6) is 5.97. The monoisotopic (exact) mass is 273 g/mol. The molecule has 2 atom stereocenters. The van der Waals surface area contributed by atoms with Crippen molar-refractivity contribution in [3.05, 3.63) is 35.4 Å². The van der Waals surface area contributed by atoms with Crippen LogP contribution in [0.4, 0.5) is 0 Å². The number of amides is 1. The molecule has 1 amide bonds. The fourth-order valence-corrected chi connectivity index (χ4v) is 1.84. The predicted octanol–water partition coefficient (Wildman–Crippen LogP) is 2.64. The summed E-state index contributed by atoms with van der Waals surface area (Å²) in [6, 6.07) is 7.70. The second-order valence-corrected chi connectivity index (χ2v) is 5.09. The number of carbonyl (C=O) groups is 1. The summed E-state index contributed by atoms with van der Waals surface area (Å²) in [5, 5.41) is 11.6. The zero-order valence-electron chi connectivity index (χ0n) is 12.4. The van der Waals surface area contributed by atoms with Crippen molar-refractivity contribution in [2.24, 2.45) is 5.92 Å². The second-order valence-electron chi connectivity index (χ2n) is 5.09. The lowest BCUT2D eigenvalue weighted by Crippen LogP contribution is -2.27. The summed E-state index contributed by atoms with van der Waals surface area (Å²) in [6.45, 7) is 6.01. The zero-order valence-corrected chi connectivity index (χ0v) is 12.4. The van der Waals surface area contributed by atoms with Crippen LogP contribution in [0.3, 0.4) is 0 Å². The van der Waals surface area contributed by atoms with Crippen molar-refractivity contribution in [1.82, 2.24) is 5.32 Å². The van der Waals surface area contributed by atoms with Crippen molar-refractivity contribution in [3.63, 3.8) is 0 Å². The van der Waals surface area contributed by atoms with E-state index in [1.54, 1.807) is 0 Å². The Labute approximate surface area is 121 Å². The van der Waals surface area contributed by atoms with Gasteiger partial charge in [-0.15, -0.1) is 0 Å². The number of aliphatic hydroxyl groups excluding tert-OH is 1. The topological polar surface area (TPSA) is 49.3 Å². The Morgan fingerprint density at radius 1 is 1.30 bits per heavy atom. The van der Waals surface area contributed by atoms with Gasteiger partial charge >= 0.3 is 0 Å². The van der Waals surface area contributed by atoms with Gasteiger partial charge in [-0.25, -0.2) is 0 Å². The number of carbonyl (C=O) groups excluding carboxylic acids is 1. The molecule has 0 aliphatic rings. The van der Waals surface area contributed by atoms with Crippen molar-refractivity contribution < 1.29 is 9.90 Å². The average Bonchev–Trinajstić information content (AvgIpc) is 2.45. The Bertz CT molecular complexity index is 482. The number of hydrogen-bond acceptors (Lipinski definition) is 2. The normalized spacial score (nSPS) is 13.0. The van der Waals surface area contributed by atoms with E-state index in [0.29, 0.717) is 12.3 Å². The van der Waals surface area contributed by atoms with Crippen molar-refractivity contribution in [3.8, 4) is 11.8 Å². The molecule has 3 nitrogen and oxygen atoms in total. The average molecular weight is 273 g/mol. The molecule has 20 heavy (non-hydrogen) atoms. The minimum Gasteiger partial charge on any atom is -0.384 e. The summed E-state index contributed by atoms with van der Waals surface area (Å²) < 4.78 is 0. The summed E-state index contributed by atoms with van der Waals surface area (Å²) in [4.78, 5) is 11.8. The molecular formula is C17H23NO2. The van der Waals surface area contributed by atoms with Crippen LogP contribution in [0, 0.1) is 17.8 Å². The van der Waals surface area contributed by atoms with Crippen molar-refractivity contribution in [2.45, 2.75) is 39.7 Å². The van der Waals surface area contributed by atoms with Gasteiger partial charge in [-0.2, -0.15) is 0 Å². The third-order valence-corrected chi connectivity index (χ3v) is 3.33. The van der Waals surface area contributed by atoms with Gasteiger partial charge in [0.25, 0.3) is 0 Å². The number of aliphatic hydroxyl groups is 1. The lowest BCUT2D eigenvalue weighted by Gasteiger charge is -2.16. The molecule has 0 fully saturated rings. The van der Waals surface area contributed by atoms with Crippen molar-refractivity contribution >= 4 is 5.91 Å². The van der Waals surface area contributed by atoms with Gasteiger partial charge in [-0.1, -0.05) is 44.2 Å². The van der Waals surface area contributed by atoms with E-state index in [9.17, 15) is 4.79 Å². The van der Waals surface area contributed by atoms with E-state index >= 15 is 0 Å². The van der Waals surface area contributed by atoms with Crippen LogP contribution in [0.15, 0.2) is 24.3 Å². The van der Waals surface area contributed by atoms with Crippen molar-refractivity contribution in [1.29, 1.82) is 0 Å². The van der Waals surface area contributed by atoms with Crippen LogP contribution in [-0.4, -0.2) is 17.6 Å². The summed E-state index contributed by atoms with van der Waals surface area (Å²) >= 11 is 0. The van der Waals surface area contributed by atoms with E-state index in [1.807, 2.05) is 31.2 Å². The van der Waals surface area contributed by atoms with Gasteiger partial charge in [-0.05, 0) is 30.5 Å². The third-order valence-electron chi connectivity index (χ3n) is 3.33. The van der Waals surface area contributed by atoms with E-state index in [-0.39, 0.29) is 18.6 Å². The molecule has 0 bridgehead atoms. The summed E-state index contributed by atoms with van der Waals surface area (Å²) in [5.41, 5.74) is 1.91. The Kier molecular flexibility index (Phi) is 6.83. The molecule has 0 radical (unpaired) electrons. The lowest BCUT2D eigenvalue weighted by molar-refractivity contribution is -0.122. The first kappa shape index (κ1) is 16.3. The Morgan fingerprint density at radius 3 is 2.50 bits per heavy atom. The summed E-state index contributed by atoms with van der Waals surface area (Å²) in [6.07, 6.45) is 1.58. The number of nitrogens with one attached hydrogen (secondary N) is 1. The maximum atomic E-state index is 11.8. The fraction of sp³-hybridized carbons (Fsp3) is 0.471. The Balaban J connectivity index is 2.59. The highest BCUT2D eigenvalue weighted by molar-refractivity contribution is 5.76. The van der Waals surface area contributed by atoms with Crippen LogP contribution >= 0.6 is 0 Å². The number of rotatable bonds is 5. The fourth-order valence-electron chi connectivity index (χ4n) is 1.84. The number of benzene rings is 1. The van der Waals surface area contributed by atoms with Crippen LogP contribution in [0.1, 0.15) is 50.8 Å². The molecule has 0 aromatic heterocycles. The molecule has 0 spiro atoms. The molecule has 0 aliphatic heterocycles. The van der Waals surface area contributed by atoms with Crippen LogP contribution < -0.4 is 5.32 Å². The molecular weight excluding hydrogens is 250 g/mol. The van der Waals surface area contributed by atoms with Crippen LogP contribution in [0.25, 0.3) is 0 Å². The number of hydrogen-bond donors (Lipinski definition) is 2. The van der Waals surface area contributed by atoms with Gasteiger partial charge < -0.3 is 10.4 Å². The molecule has 108 valence electrons. The Morgan fingerprint density at radius 2 is 1.95 bits per heavy atom. The molecule has 2 N–H and O–H groups in total. The second kappa shape index (κ2) is 8.39. The van der Waals surface area contributed by atoms with Gasteiger partial charge in [0.05, 0.1) is 6.04 Å². The smallest absolute Gasteiger partial charge is 0.220 e. The van der Waals surface area contributed by atoms with Crippen LogP contribution in [-0.2, 0) is 4.79 Å². The zero-order chi connectivity index (χ0) is 15.0. The van der Waals surface area contributed by atoms with E-state index < -0.39 is 0 Å². The molecule has 0 saturated heterocycles. The maximum Gasteiger partial charge on any atom is 0.220 e. The molecule has 3 heteroatoms. The molecule has 1 aromatic rings. The van der Waals surface area contributed by atoms with Crippen LogP contribution in [0.5, 0.6) is 0 Å². The van der Waals surface area contributed by atoms with Gasteiger partial charge in [0.1, 0.15) is 6.61 Å². The predicted molar refractivity (Wildman–Crippen MR) is 81.0 cm³/mol. The minimum atomic E-state index is -0.135.